The van der Waals surface area contributed by atoms with E-state index in [1.54, 1.807) is 0 Å². The fourth-order valence-electron chi connectivity index (χ4n) is 1.42. The Kier molecular flexibility index (Phi) is 6.39. The minimum absolute atomic E-state index is 0.309. The second kappa shape index (κ2) is 6.44. The molecule has 2 heteroatoms. The van der Waals surface area contributed by atoms with Crippen LogP contribution in [0.5, 0.6) is 0 Å². The zero-order valence-electron chi connectivity index (χ0n) is 8.84. The number of rotatable bonds is 6. The van der Waals surface area contributed by atoms with Crippen molar-refractivity contribution >= 4 is 0 Å². The van der Waals surface area contributed by atoms with Gasteiger partial charge in [0.1, 0.15) is 0 Å². The minimum atomic E-state index is 0.309. The highest BCUT2D eigenvalue weighted by molar-refractivity contribution is 4.58. The van der Waals surface area contributed by atoms with Gasteiger partial charge in [0.25, 0.3) is 0 Å². The van der Waals surface area contributed by atoms with Crippen LogP contribution in [0.1, 0.15) is 40.5 Å². The van der Waals surface area contributed by atoms with Crippen LogP contribution in [-0.2, 0) is 4.74 Å². The summed E-state index contributed by atoms with van der Waals surface area (Å²) in [4.78, 5) is 0. The number of ether oxygens (including phenoxy) is 1. The van der Waals surface area contributed by atoms with E-state index in [2.05, 4.69) is 27.7 Å². The summed E-state index contributed by atoms with van der Waals surface area (Å²) in [5.41, 5.74) is 5.43. The third-order valence-electron chi connectivity index (χ3n) is 1.84. The lowest BCUT2D eigenvalue weighted by atomic mass is 10.1. The van der Waals surface area contributed by atoms with Crippen molar-refractivity contribution < 1.29 is 4.74 Å². The average Bonchev–Trinajstić information content (AvgIpc) is 1.84. The van der Waals surface area contributed by atoms with Crippen LogP contribution < -0.4 is 5.73 Å². The molecule has 12 heavy (non-hydrogen) atoms. The summed E-state index contributed by atoms with van der Waals surface area (Å²) in [5.74, 6) is 0.713. The maximum Gasteiger partial charge on any atom is 0.0562 e. The largest absolute Gasteiger partial charge is 0.376 e. The normalized spacial score (nSPS) is 16.5. The number of hydrogen-bond acceptors (Lipinski definition) is 2. The highest BCUT2D eigenvalue weighted by Crippen LogP contribution is 2.10. The Hall–Kier alpha value is -0.0800. The number of hydrogen-bond donors (Lipinski definition) is 1. The van der Waals surface area contributed by atoms with Gasteiger partial charge >= 0.3 is 0 Å². The van der Waals surface area contributed by atoms with Crippen molar-refractivity contribution in [2.75, 3.05) is 6.54 Å². The van der Waals surface area contributed by atoms with Gasteiger partial charge in [-0.2, -0.15) is 0 Å². The van der Waals surface area contributed by atoms with Crippen molar-refractivity contribution in [3.8, 4) is 0 Å². The van der Waals surface area contributed by atoms with E-state index in [0.717, 1.165) is 19.4 Å². The highest BCUT2D eigenvalue weighted by atomic mass is 16.5. The third kappa shape index (κ3) is 6.62. The molecule has 0 aromatic carbocycles. The number of nitrogens with two attached hydrogens (primary N) is 1. The van der Waals surface area contributed by atoms with Crippen LogP contribution in [-0.4, -0.2) is 18.8 Å². The fraction of sp³-hybridized carbons (Fsp3) is 1.00. The second-order valence-corrected chi connectivity index (χ2v) is 3.96. The van der Waals surface area contributed by atoms with E-state index in [9.17, 15) is 0 Å². The molecule has 0 radical (unpaired) electrons. The predicted molar refractivity (Wildman–Crippen MR) is 53.1 cm³/mol. The van der Waals surface area contributed by atoms with Crippen molar-refractivity contribution in [2.45, 2.75) is 52.7 Å². The Morgan fingerprint density at radius 2 is 1.67 bits per heavy atom. The summed E-state index contributed by atoms with van der Waals surface area (Å²) in [7, 11) is 0. The summed E-state index contributed by atoms with van der Waals surface area (Å²) in [6, 6.07) is 0. The van der Waals surface area contributed by atoms with Crippen LogP contribution in [0.25, 0.3) is 0 Å². The van der Waals surface area contributed by atoms with E-state index in [-0.39, 0.29) is 0 Å². The molecule has 0 rings (SSSR count). The van der Waals surface area contributed by atoms with Gasteiger partial charge in [0.15, 0.2) is 0 Å². The molecule has 2 unspecified atom stereocenters. The first-order valence-electron chi connectivity index (χ1n) is 4.91. The van der Waals surface area contributed by atoms with Gasteiger partial charge in [-0.05, 0) is 39.2 Å². The molecule has 0 amide bonds. The van der Waals surface area contributed by atoms with Crippen LogP contribution in [0.2, 0.25) is 0 Å². The monoisotopic (exact) mass is 173 g/mol. The van der Waals surface area contributed by atoms with Crippen molar-refractivity contribution in [1.29, 1.82) is 0 Å². The van der Waals surface area contributed by atoms with Gasteiger partial charge in [-0.25, -0.2) is 0 Å². The lowest BCUT2D eigenvalue weighted by molar-refractivity contribution is -0.00447. The van der Waals surface area contributed by atoms with E-state index in [4.69, 9.17) is 10.5 Å². The molecule has 0 aromatic rings. The molecule has 2 nitrogen and oxygen atoms in total. The Morgan fingerprint density at radius 3 is 2.08 bits per heavy atom. The molecule has 0 aliphatic heterocycles. The molecule has 2 atom stereocenters. The fourth-order valence-corrected chi connectivity index (χ4v) is 1.42. The molecular weight excluding hydrogens is 150 g/mol. The predicted octanol–water partition coefficient (Wildman–Crippen LogP) is 2.17. The van der Waals surface area contributed by atoms with Gasteiger partial charge < -0.3 is 10.5 Å². The average molecular weight is 173 g/mol. The lowest BCUT2D eigenvalue weighted by Crippen LogP contribution is -2.21. The Bertz CT molecular complexity index is 104. The summed E-state index contributed by atoms with van der Waals surface area (Å²) >= 11 is 0. The first-order valence-corrected chi connectivity index (χ1v) is 4.91. The van der Waals surface area contributed by atoms with E-state index in [0.29, 0.717) is 18.1 Å². The first-order chi connectivity index (χ1) is 5.56. The summed E-state index contributed by atoms with van der Waals surface area (Å²) in [6.07, 6.45) is 2.77. The van der Waals surface area contributed by atoms with Crippen LogP contribution in [0.4, 0.5) is 0 Å². The highest BCUT2D eigenvalue weighted by Gasteiger charge is 2.09. The third-order valence-corrected chi connectivity index (χ3v) is 1.84. The molecule has 0 heterocycles. The zero-order chi connectivity index (χ0) is 9.56. The zero-order valence-corrected chi connectivity index (χ0v) is 8.84. The second-order valence-electron chi connectivity index (χ2n) is 3.96. The summed E-state index contributed by atoms with van der Waals surface area (Å²) in [5, 5.41) is 0. The summed E-state index contributed by atoms with van der Waals surface area (Å²) in [6.45, 7) is 9.37. The van der Waals surface area contributed by atoms with Crippen molar-refractivity contribution in [3.63, 3.8) is 0 Å². The SMILES string of the molecule is CC(C)CC(C)OC(C)CCN. The maximum atomic E-state index is 5.72. The Morgan fingerprint density at radius 1 is 1.08 bits per heavy atom. The van der Waals surface area contributed by atoms with E-state index in [1.807, 2.05) is 0 Å². The molecule has 0 saturated heterocycles. The lowest BCUT2D eigenvalue weighted by Gasteiger charge is -2.20. The van der Waals surface area contributed by atoms with Crippen LogP contribution in [0.3, 0.4) is 0 Å². The van der Waals surface area contributed by atoms with E-state index < -0.39 is 0 Å². The quantitative estimate of drug-likeness (QED) is 0.668. The Balaban J connectivity index is 3.46. The van der Waals surface area contributed by atoms with Gasteiger partial charge in [0.2, 0.25) is 0 Å². The standard InChI is InChI=1S/C10H23NO/c1-8(2)7-10(4)12-9(3)5-6-11/h8-10H,5-7,11H2,1-4H3. The van der Waals surface area contributed by atoms with E-state index >= 15 is 0 Å². The van der Waals surface area contributed by atoms with Crippen molar-refractivity contribution in [1.82, 2.24) is 0 Å². The summed E-state index contributed by atoms with van der Waals surface area (Å²) < 4.78 is 5.72. The minimum Gasteiger partial charge on any atom is -0.376 e. The van der Waals surface area contributed by atoms with Gasteiger partial charge in [0.05, 0.1) is 12.2 Å². The van der Waals surface area contributed by atoms with E-state index in [1.165, 1.54) is 0 Å². The molecule has 74 valence electrons. The molecule has 0 fully saturated rings. The van der Waals surface area contributed by atoms with Crippen LogP contribution in [0.15, 0.2) is 0 Å². The molecule has 0 spiro atoms. The molecule has 0 aliphatic carbocycles. The molecule has 0 saturated carbocycles. The molecular formula is C10H23NO. The van der Waals surface area contributed by atoms with Gasteiger partial charge in [0, 0.05) is 0 Å². The molecule has 2 N–H and O–H groups in total. The van der Waals surface area contributed by atoms with Gasteiger partial charge in [-0.3, -0.25) is 0 Å². The molecule has 0 aromatic heterocycles. The van der Waals surface area contributed by atoms with Crippen LogP contribution in [0, 0.1) is 5.92 Å². The van der Waals surface area contributed by atoms with Crippen molar-refractivity contribution in [2.24, 2.45) is 11.7 Å². The maximum absolute atomic E-state index is 5.72. The topological polar surface area (TPSA) is 35.2 Å². The molecule has 0 bridgehead atoms. The van der Waals surface area contributed by atoms with Gasteiger partial charge in [-0.15, -0.1) is 0 Å². The van der Waals surface area contributed by atoms with Crippen molar-refractivity contribution in [3.05, 3.63) is 0 Å². The molecule has 0 aliphatic rings. The Labute approximate surface area is 76.5 Å². The smallest absolute Gasteiger partial charge is 0.0562 e. The van der Waals surface area contributed by atoms with Gasteiger partial charge in [-0.1, -0.05) is 13.8 Å². The first kappa shape index (κ1) is 11.9. The van der Waals surface area contributed by atoms with Crippen LogP contribution >= 0.6 is 0 Å².